The molecule has 0 spiro atoms. The van der Waals surface area contributed by atoms with Crippen LogP contribution >= 0.6 is 0 Å². The molecule has 33 heavy (non-hydrogen) atoms. The van der Waals surface area contributed by atoms with Gasteiger partial charge in [-0.3, -0.25) is 0 Å². The van der Waals surface area contributed by atoms with Crippen LogP contribution in [-0.4, -0.2) is 31.2 Å². The monoisotopic (exact) mass is 470 g/mol. The molecule has 3 aromatic rings. The molecule has 1 amide bonds. The third kappa shape index (κ3) is 5.22. The highest BCUT2D eigenvalue weighted by Crippen LogP contribution is 2.34. The summed E-state index contributed by atoms with van der Waals surface area (Å²) in [5.74, 6) is 0.514. The molecule has 0 radical (unpaired) electrons. The Balaban J connectivity index is 2.18. The first-order valence-electron chi connectivity index (χ1n) is 10.5. The summed E-state index contributed by atoms with van der Waals surface area (Å²) in [6.07, 6.45) is -0.632. The van der Waals surface area contributed by atoms with Gasteiger partial charge in [-0.25, -0.2) is 17.2 Å². The average molecular weight is 471 g/mol. The van der Waals surface area contributed by atoms with Crippen LogP contribution in [-0.2, 0) is 21.3 Å². The lowest BCUT2D eigenvalue weighted by molar-refractivity contribution is 0.0522. The van der Waals surface area contributed by atoms with Crippen LogP contribution in [0.3, 0.4) is 0 Å². The molecule has 2 aromatic carbocycles. The molecule has 1 aromatic heterocycles. The zero-order valence-electron chi connectivity index (χ0n) is 19.9. The van der Waals surface area contributed by atoms with Crippen LogP contribution in [0.15, 0.2) is 53.9 Å². The van der Waals surface area contributed by atoms with Gasteiger partial charge < -0.3 is 14.8 Å². The van der Waals surface area contributed by atoms with Crippen molar-refractivity contribution in [1.29, 1.82) is 0 Å². The summed E-state index contributed by atoms with van der Waals surface area (Å²) >= 11 is 0. The molecule has 0 aliphatic carbocycles. The molecule has 1 N–H and O–H groups in total. The van der Waals surface area contributed by atoms with Crippen molar-refractivity contribution in [3.8, 4) is 5.75 Å². The Labute approximate surface area is 195 Å². The van der Waals surface area contributed by atoms with Crippen molar-refractivity contribution in [2.45, 2.75) is 51.7 Å². The topological polar surface area (TPSA) is 86.6 Å². The van der Waals surface area contributed by atoms with Crippen LogP contribution in [0.4, 0.5) is 4.79 Å². The van der Waals surface area contributed by atoms with Gasteiger partial charge in [0, 0.05) is 17.0 Å². The fourth-order valence-electron chi connectivity index (χ4n) is 3.47. The predicted molar refractivity (Wildman–Crippen MR) is 130 cm³/mol. The zero-order chi connectivity index (χ0) is 24.6. The van der Waals surface area contributed by atoms with Crippen molar-refractivity contribution in [2.24, 2.45) is 0 Å². The van der Waals surface area contributed by atoms with E-state index < -0.39 is 21.7 Å². The number of carbonyl (C=O) groups is 1. The van der Waals surface area contributed by atoms with E-state index >= 15 is 0 Å². The number of carbonyl (C=O) groups excluding carboxylic acids is 1. The van der Waals surface area contributed by atoms with Crippen LogP contribution in [0.25, 0.3) is 16.5 Å². The Morgan fingerprint density at radius 1 is 1.12 bits per heavy atom. The summed E-state index contributed by atoms with van der Waals surface area (Å²) in [5, 5.41) is 3.35. The number of hydrogen-bond donors (Lipinski definition) is 1. The number of nitrogens with one attached hydrogen (secondary N) is 1. The molecule has 0 aliphatic rings. The maximum atomic E-state index is 13.7. The normalized spacial score (nSPS) is 11.9. The zero-order valence-corrected chi connectivity index (χ0v) is 20.7. The van der Waals surface area contributed by atoms with E-state index in [9.17, 15) is 13.2 Å². The Morgan fingerprint density at radius 2 is 1.76 bits per heavy atom. The molecule has 0 fully saturated rings. The number of aryl methyl sites for hydroxylation is 1. The number of hydrogen-bond acceptors (Lipinski definition) is 5. The minimum Gasteiger partial charge on any atom is -0.496 e. The van der Waals surface area contributed by atoms with Gasteiger partial charge >= 0.3 is 6.09 Å². The van der Waals surface area contributed by atoms with E-state index in [1.54, 1.807) is 57.2 Å². The molecule has 1 heterocycles. The van der Waals surface area contributed by atoms with Crippen molar-refractivity contribution in [3.05, 3.63) is 65.9 Å². The average Bonchev–Trinajstić information content (AvgIpc) is 3.08. The van der Waals surface area contributed by atoms with Crippen LogP contribution in [0.5, 0.6) is 5.75 Å². The minimum atomic E-state index is -3.96. The van der Waals surface area contributed by atoms with Crippen molar-refractivity contribution in [3.63, 3.8) is 0 Å². The lowest BCUT2D eigenvalue weighted by Gasteiger charge is -2.20. The van der Waals surface area contributed by atoms with Crippen LogP contribution in [0, 0.1) is 6.92 Å². The van der Waals surface area contributed by atoms with Crippen molar-refractivity contribution in [1.82, 2.24) is 9.29 Å². The molecule has 0 bridgehead atoms. The number of alkyl carbamates (subject to hydrolysis) is 1. The van der Waals surface area contributed by atoms with E-state index in [1.807, 2.05) is 19.9 Å². The number of ether oxygens (including phenoxy) is 2. The lowest BCUT2D eigenvalue weighted by atomic mass is 10.1. The van der Waals surface area contributed by atoms with Crippen molar-refractivity contribution >= 4 is 32.6 Å². The number of benzene rings is 2. The Kier molecular flexibility index (Phi) is 6.61. The molecule has 0 unspecified atom stereocenters. The van der Waals surface area contributed by atoms with Gasteiger partial charge in [0.25, 0.3) is 10.0 Å². The van der Waals surface area contributed by atoms with E-state index in [4.69, 9.17) is 9.47 Å². The summed E-state index contributed by atoms with van der Waals surface area (Å²) in [6, 6.07) is 11.9. The quantitative estimate of drug-likeness (QED) is 0.531. The summed E-state index contributed by atoms with van der Waals surface area (Å²) in [4.78, 5) is 12.4. The summed E-state index contributed by atoms with van der Waals surface area (Å²) in [7, 11) is -2.44. The highest BCUT2D eigenvalue weighted by molar-refractivity contribution is 7.90. The Hall–Kier alpha value is -3.26. The number of allylic oxidation sites excluding steroid dienone is 1. The maximum Gasteiger partial charge on any atom is 0.407 e. The molecule has 176 valence electrons. The van der Waals surface area contributed by atoms with Gasteiger partial charge in [0.15, 0.2) is 0 Å². The van der Waals surface area contributed by atoms with Crippen LogP contribution < -0.4 is 10.1 Å². The predicted octanol–water partition coefficient (Wildman–Crippen LogP) is 5.25. The van der Waals surface area contributed by atoms with Crippen molar-refractivity contribution in [2.75, 3.05) is 7.11 Å². The first-order chi connectivity index (χ1) is 15.3. The van der Waals surface area contributed by atoms with Crippen molar-refractivity contribution < 1.29 is 22.7 Å². The maximum absolute atomic E-state index is 13.7. The minimum absolute atomic E-state index is 0.0423. The largest absolute Gasteiger partial charge is 0.496 e. The second-order valence-corrected chi connectivity index (χ2v) is 10.8. The first-order valence-corrected chi connectivity index (χ1v) is 11.9. The molecule has 7 nitrogen and oxygen atoms in total. The number of rotatable bonds is 6. The third-order valence-corrected chi connectivity index (χ3v) is 6.76. The van der Waals surface area contributed by atoms with E-state index in [1.165, 1.54) is 11.1 Å². The standard InChI is InChI=1S/C25H30N2O5S/c1-16(2)21-13-18-12-19(15-26-24(28)32-25(4,5)6)27(22(18)14-23(21)31-7)33(29,30)20-10-8-17(3)9-11-20/h8-14H,1,15H2,2-7H3,(H,26,28). The van der Waals surface area contributed by atoms with Gasteiger partial charge in [-0.1, -0.05) is 24.3 Å². The van der Waals surface area contributed by atoms with E-state index in [-0.39, 0.29) is 11.4 Å². The third-order valence-electron chi connectivity index (χ3n) is 4.98. The van der Waals surface area contributed by atoms with Gasteiger partial charge in [-0.2, -0.15) is 0 Å². The van der Waals surface area contributed by atoms with Gasteiger partial charge in [0.2, 0.25) is 0 Å². The molecule has 0 atom stereocenters. The number of aromatic nitrogens is 1. The van der Waals surface area contributed by atoms with Gasteiger partial charge in [-0.15, -0.1) is 0 Å². The van der Waals surface area contributed by atoms with E-state index in [2.05, 4.69) is 11.9 Å². The molecule has 8 heteroatoms. The van der Waals surface area contributed by atoms with Gasteiger partial charge in [0.05, 0.1) is 29.8 Å². The second-order valence-electron chi connectivity index (χ2n) is 8.97. The molecular weight excluding hydrogens is 440 g/mol. The molecule has 0 aliphatic heterocycles. The number of methoxy groups -OCH3 is 1. The summed E-state index contributed by atoms with van der Waals surface area (Å²) in [6.45, 7) is 13.0. The van der Waals surface area contributed by atoms with E-state index in [0.717, 1.165) is 16.7 Å². The van der Waals surface area contributed by atoms with E-state index in [0.29, 0.717) is 22.3 Å². The highest BCUT2D eigenvalue weighted by atomic mass is 32.2. The Bertz CT molecular complexity index is 1310. The molecule has 0 saturated carbocycles. The summed E-state index contributed by atoms with van der Waals surface area (Å²) in [5.41, 5.74) is 2.67. The smallest absolute Gasteiger partial charge is 0.407 e. The number of nitrogens with zero attached hydrogens (tertiary/aromatic N) is 1. The molecule has 0 saturated heterocycles. The fourth-order valence-corrected chi connectivity index (χ4v) is 5.01. The number of fused-ring (bicyclic) bond motifs is 1. The van der Waals surface area contributed by atoms with Crippen LogP contribution in [0.2, 0.25) is 0 Å². The lowest BCUT2D eigenvalue weighted by Crippen LogP contribution is -2.33. The Morgan fingerprint density at radius 3 is 2.30 bits per heavy atom. The summed E-state index contributed by atoms with van der Waals surface area (Å²) < 4.78 is 39.4. The first kappa shape index (κ1) is 24.4. The fraction of sp³-hybridized carbons (Fsp3) is 0.320. The molecular formula is C25H30N2O5S. The SMILES string of the molecule is C=C(C)c1cc2cc(CNC(=O)OC(C)(C)C)n(S(=O)(=O)c3ccc(C)cc3)c2cc1OC. The number of amides is 1. The highest BCUT2D eigenvalue weighted by Gasteiger charge is 2.25. The van der Waals surface area contributed by atoms with Gasteiger partial charge in [-0.05, 0) is 64.5 Å². The van der Waals surface area contributed by atoms with Crippen LogP contribution in [0.1, 0.15) is 44.5 Å². The van der Waals surface area contributed by atoms with Gasteiger partial charge in [0.1, 0.15) is 11.4 Å². The second kappa shape index (κ2) is 8.94. The molecule has 3 rings (SSSR count).